The molecule has 0 aliphatic carbocycles. The van der Waals surface area contributed by atoms with Crippen LogP contribution in [0.2, 0.25) is 0 Å². The molecule has 2 aromatic heterocycles. The molecular weight excluding hydrogens is 237 g/mol. The number of aryl methyl sites for hydroxylation is 1. The molecule has 7 heteroatoms. The van der Waals surface area contributed by atoms with Crippen molar-refractivity contribution in [3.05, 3.63) is 35.3 Å². The monoisotopic (exact) mass is 244 g/mol. The van der Waals surface area contributed by atoms with Gasteiger partial charge in [0.25, 0.3) is 0 Å². The van der Waals surface area contributed by atoms with Crippen molar-refractivity contribution in [1.82, 2.24) is 9.38 Å². The van der Waals surface area contributed by atoms with E-state index < -0.39 is 17.7 Å². The Morgan fingerprint density at radius 3 is 2.59 bits per heavy atom. The van der Waals surface area contributed by atoms with E-state index in [1.165, 1.54) is 6.92 Å². The van der Waals surface area contributed by atoms with Crippen molar-refractivity contribution in [2.45, 2.75) is 13.1 Å². The van der Waals surface area contributed by atoms with Crippen LogP contribution >= 0.6 is 0 Å². The largest absolute Gasteiger partial charge is 0.476 e. The number of halogens is 3. The number of nitrogens with zero attached hydrogens (tertiary/aromatic N) is 2. The van der Waals surface area contributed by atoms with E-state index >= 15 is 0 Å². The Labute approximate surface area is 93.3 Å². The van der Waals surface area contributed by atoms with Crippen molar-refractivity contribution in [2.24, 2.45) is 0 Å². The minimum atomic E-state index is -4.46. The molecule has 0 unspecified atom stereocenters. The smallest absolute Gasteiger partial charge is 0.417 e. The first-order valence-electron chi connectivity index (χ1n) is 4.60. The van der Waals surface area contributed by atoms with Gasteiger partial charge >= 0.3 is 12.1 Å². The van der Waals surface area contributed by atoms with E-state index in [9.17, 15) is 18.0 Å². The fraction of sp³-hybridized carbons (Fsp3) is 0.200. The highest BCUT2D eigenvalue weighted by Crippen LogP contribution is 2.29. The van der Waals surface area contributed by atoms with Gasteiger partial charge in [0.1, 0.15) is 5.65 Å². The van der Waals surface area contributed by atoms with Crippen LogP contribution in [0.3, 0.4) is 0 Å². The lowest BCUT2D eigenvalue weighted by molar-refractivity contribution is -0.137. The zero-order valence-electron chi connectivity index (χ0n) is 8.62. The summed E-state index contributed by atoms with van der Waals surface area (Å²) in [6.45, 7) is 1.41. The number of alkyl halides is 3. The molecular formula is C10H7F3N2O2. The Morgan fingerprint density at radius 1 is 1.41 bits per heavy atom. The van der Waals surface area contributed by atoms with Crippen molar-refractivity contribution in [3.63, 3.8) is 0 Å². The molecule has 0 atom stereocenters. The van der Waals surface area contributed by atoms with Crippen molar-refractivity contribution >= 4 is 11.6 Å². The molecule has 1 N–H and O–H groups in total. The van der Waals surface area contributed by atoms with Crippen molar-refractivity contribution in [2.75, 3.05) is 0 Å². The third kappa shape index (κ3) is 1.83. The predicted molar refractivity (Wildman–Crippen MR) is 51.9 cm³/mol. The van der Waals surface area contributed by atoms with Gasteiger partial charge in [0, 0.05) is 6.20 Å². The van der Waals surface area contributed by atoms with Crippen LogP contribution in [0.15, 0.2) is 18.3 Å². The predicted octanol–water partition coefficient (Wildman–Crippen LogP) is 2.36. The van der Waals surface area contributed by atoms with E-state index in [0.29, 0.717) is 0 Å². The number of carboxylic acids is 1. The molecule has 2 heterocycles. The maximum Gasteiger partial charge on any atom is 0.417 e. The number of aromatic nitrogens is 2. The molecule has 17 heavy (non-hydrogen) atoms. The van der Waals surface area contributed by atoms with Crippen LogP contribution in [-0.4, -0.2) is 20.5 Å². The van der Waals surface area contributed by atoms with Crippen LogP contribution in [0.4, 0.5) is 13.2 Å². The highest BCUT2D eigenvalue weighted by molar-refractivity contribution is 5.87. The van der Waals surface area contributed by atoms with Gasteiger partial charge in [-0.25, -0.2) is 9.78 Å². The first kappa shape index (κ1) is 11.4. The number of aromatic carboxylic acids is 1. The highest BCUT2D eigenvalue weighted by Gasteiger charge is 2.31. The van der Waals surface area contributed by atoms with E-state index in [1.54, 1.807) is 0 Å². The molecule has 4 nitrogen and oxygen atoms in total. The summed E-state index contributed by atoms with van der Waals surface area (Å²) in [5.41, 5.74) is -0.752. The molecule has 0 saturated heterocycles. The standard InChI is InChI=1S/C10H7F3N2O2/c1-5-8(9(16)17)14-7-3-2-6(4-15(5)7)10(11,12)13/h2-4H,1H3,(H,16,17). The van der Waals surface area contributed by atoms with E-state index in [-0.39, 0.29) is 17.0 Å². The third-order valence-electron chi connectivity index (χ3n) is 2.39. The van der Waals surface area contributed by atoms with Crippen molar-refractivity contribution < 1.29 is 23.1 Å². The summed E-state index contributed by atoms with van der Waals surface area (Å²) in [5, 5.41) is 8.80. The zero-order chi connectivity index (χ0) is 12.8. The number of rotatable bonds is 1. The number of fused-ring (bicyclic) bond motifs is 1. The molecule has 0 bridgehead atoms. The van der Waals surface area contributed by atoms with Crippen molar-refractivity contribution in [3.8, 4) is 0 Å². The van der Waals surface area contributed by atoms with E-state index in [0.717, 1.165) is 22.7 Å². The summed E-state index contributed by atoms with van der Waals surface area (Å²) in [5.74, 6) is -1.26. The van der Waals surface area contributed by atoms with Crippen molar-refractivity contribution in [1.29, 1.82) is 0 Å². The maximum absolute atomic E-state index is 12.5. The lowest BCUT2D eigenvalue weighted by atomic mass is 10.3. The second-order valence-corrected chi connectivity index (χ2v) is 3.49. The number of carbonyl (C=O) groups is 1. The highest BCUT2D eigenvalue weighted by atomic mass is 19.4. The Balaban J connectivity index is 2.70. The molecule has 2 aromatic rings. The van der Waals surface area contributed by atoms with Crippen LogP contribution in [-0.2, 0) is 6.18 Å². The topological polar surface area (TPSA) is 54.6 Å². The van der Waals surface area contributed by atoms with Gasteiger partial charge < -0.3 is 9.51 Å². The van der Waals surface area contributed by atoms with Gasteiger partial charge in [-0.3, -0.25) is 0 Å². The number of imidazole rings is 1. The maximum atomic E-state index is 12.5. The SMILES string of the molecule is Cc1c(C(=O)O)nc2ccc(C(F)(F)F)cn12. The lowest BCUT2D eigenvalue weighted by Gasteiger charge is -2.06. The molecule has 90 valence electrons. The number of hydrogen-bond acceptors (Lipinski definition) is 2. The Hall–Kier alpha value is -2.05. The molecule has 0 saturated carbocycles. The first-order valence-corrected chi connectivity index (χ1v) is 4.60. The molecule has 0 fully saturated rings. The molecule has 0 amide bonds. The van der Waals surface area contributed by atoms with E-state index in [4.69, 9.17) is 5.11 Å². The summed E-state index contributed by atoms with van der Waals surface area (Å²) in [6, 6.07) is 2.01. The van der Waals surface area contributed by atoms with Gasteiger partial charge in [0.2, 0.25) is 0 Å². The van der Waals surface area contributed by atoms with Crippen LogP contribution < -0.4 is 0 Å². The van der Waals surface area contributed by atoms with Gasteiger partial charge in [-0.2, -0.15) is 13.2 Å². The minimum Gasteiger partial charge on any atom is -0.476 e. The average Bonchev–Trinajstić information content (AvgIpc) is 2.54. The molecule has 0 radical (unpaired) electrons. The van der Waals surface area contributed by atoms with Crippen LogP contribution in [0.1, 0.15) is 21.7 Å². The van der Waals surface area contributed by atoms with Gasteiger partial charge in [-0.1, -0.05) is 0 Å². The summed E-state index contributed by atoms with van der Waals surface area (Å²) < 4.78 is 38.5. The number of hydrogen-bond donors (Lipinski definition) is 1. The Kier molecular flexibility index (Phi) is 2.34. The fourth-order valence-electron chi connectivity index (χ4n) is 1.53. The zero-order valence-corrected chi connectivity index (χ0v) is 8.62. The summed E-state index contributed by atoms with van der Waals surface area (Å²) >= 11 is 0. The molecule has 0 aromatic carbocycles. The Morgan fingerprint density at radius 2 is 2.06 bits per heavy atom. The van der Waals surface area contributed by atoms with Crippen LogP contribution in [0, 0.1) is 6.92 Å². The lowest BCUT2D eigenvalue weighted by Crippen LogP contribution is -2.06. The van der Waals surface area contributed by atoms with Crippen LogP contribution in [0.25, 0.3) is 5.65 Å². The van der Waals surface area contributed by atoms with E-state index in [2.05, 4.69) is 4.98 Å². The Bertz CT molecular complexity index is 601. The second kappa shape index (κ2) is 3.47. The quantitative estimate of drug-likeness (QED) is 0.837. The number of carboxylic acid groups (broad SMARTS) is 1. The molecule has 0 spiro atoms. The molecule has 0 aliphatic heterocycles. The normalized spacial score (nSPS) is 12.0. The molecule has 2 rings (SSSR count). The average molecular weight is 244 g/mol. The van der Waals surface area contributed by atoms with E-state index in [1.807, 2.05) is 0 Å². The van der Waals surface area contributed by atoms with Gasteiger partial charge in [-0.05, 0) is 19.1 Å². The van der Waals surface area contributed by atoms with Gasteiger partial charge in [0.15, 0.2) is 5.69 Å². The summed E-state index contributed by atoms with van der Waals surface area (Å²) in [6.07, 6.45) is -3.63. The van der Waals surface area contributed by atoms with Gasteiger partial charge in [-0.15, -0.1) is 0 Å². The number of pyridine rings is 1. The minimum absolute atomic E-state index is 0.165. The first-order chi connectivity index (χ1) is 7.80. The third-order valence-corrected chi connectivity index (χ3v) is 2.39. The van der Waals surface area contributed by atoms with Gasteiger partial charge in [0.05, 0.1) is 11.3 Å². The summed E-state index contributed by atoms with van der Waals surface area (Å²) in [7, 11) is 0. The second-order valence-electron chi connectivity index (χ2n) is 3.49. The van der Waals surface area contributed by atoms with Crippen LogP contribution in [0.5, 0.6) is 0 Å². The molecule has 0 aliphatic rings. The summed E-state index contributed by atoms with van der Waals surface area (Å²) in [4.78, 5) is 14.5. The fourth-order valence-corrected chi connectivity index (χ4v) is 1.53.